The summed E-state index contributed by atoms with van der Waals surface area (Å²) in [4.78, 5) is 32.9. The van der Waals surface area contributed by atoms with E-state index in [9.17, 15) is 14.9 Å². The minimum absolute atomic E-state index is 0.00263. The maximum absolute atomic E-state index is 11.9. The zero-order chi connectivity index (χ0) is 18.5. The third kappa shape index (κ3) is 3.54. The number of hydrogen-bond donors (Lipinski definition) is 1. The molecule has 1 aliphatic heterocycles. The van der Waals surface area contributed by atoms with Gasteiger partial charge in [-0.25, -0.2) is 14.8 Å². The monoisotopic (exact) mass is 359 g/mol. The van der Waals surface area contributed by atoms with Gasteiger partial charge in [-0.05, 0) is 12.1 Å². The zero-order valence-electron chi connectivity index (χ0n) is 14.0. The first-order chi connectivity index (χ1) is 12.6. The summed E-state index contributed by atoms with van der Waals surface area (Å²) in [5.74, 6) is -0.340. The highest BCUT2D eigenvalue weighted by molar-refractivity contribution is 5.96. The molecule has 1 aromatic carbocycles. The molecule has 0 saturated carbocycles. The lowest BCUT2D eigenvalue weighted by Crippen LogP contribution is -2.37. The minimum Gasteiger partial charge on any atom is -0.465 e. The van der Waals surface area contributed by atoms with Gasteiger partial charge >= 0.3 is 11.7 Å². The highest BCUT2D eigenvalue weighted by Crippen LogP contribution is 2.34. The van der Waals surface area contributed by atoms with Gasteiger partial charge in [-0.1, -0.05) is 12.1 Å². The van der Waals surface area contributed by atoms with E-state index in [0.717, 1.165) is 0 Å². The number of nitrogens with zero attached hydrogens (tertiary/aromatic N) is 4. The van der Waals surface area contributed by atoms with Crippen molar-refractivity contribution in [3.63, 3.8) is 0 Å². The topological polar surface area (TPSA) is 120 Å². The van der Waals surface area contributed by atoms with Crippen molar-refractivity contribution in [3.05, 3.63) is 46.3 Å². The van der Waals surface area contributed by atoms with E-state index in [1.54, 1.807) is 29.2 Å². The second-order valence-electron chi connectivity index (χ2n) is 5.41. The lowest BCUT2D eigenvalue weighted by molar-refractivity contribution is -0.383. The third-order valence-corrected chi connectivity index (χ3v) is 3.88. The minimum atomic E-state index is -0.557. The number of carbonyl (C=O) groups excluding carboxylic acids is 1. The Bertz CT molecular complexity index is 822. The second-order valence-corrected chi connectivity index (χ2v) is 5.41. The number of morpholine rings is 1. The molecule has 0 bridgehead atoms. The summed E-state index contributed by atoms with van der Waals surface area (Å²) < 4.78 is 10.0. The van der Waals surface area contributed by atoms with E-state index in [4.69, 9.17) is 9.47 Å². The number of rotatable bonds is 5. The fraction of sp³-hybridized carbons (Fsp3) is 0.312. The van der Waals surface area contributed by atoms with Crippen molar-refractivity contribution in [2.24, 2.45) is 0 Å². The largest absolute Gasteiger partial charge is 0.465 e. The summed E-state index contributed by atoms with van der Waals surface area (Å²) >= 11 is 0. The van der Waals surface area contributed by atoms with E-state index < -0.39 is 10.9 Å². The van der Waals surface area contributed by atoms with Crippen LogP contribution in [0.4, 0.5) is 23.0 Å². The molecule has 10 nitrogen and oxygen atoms in total. The normalized spacial score (nSPS) is 14.0. The van der Waals surface area contributed by atoms with Gasteiger partial charge in [0.05, 0.1) is 36.5 Å². The Balaban J connectivity index is 2.01. The fourth-order valence-electron chi connectivity index (χ4n) is 2.64. The van der Waals surface area contributed by atoms with Gasteiger partial charge in [0.2, 0.25) is 11.6 Å². The Labute approximate surface area is 148 Å². The van der Waals surface area contributed by atoms with E-state index in [0.29, 0.717) is 32.0 Å². The number of aromatic nitrogens is 2. The molecule has 0 spiro atoms. The molecular formula is C16H17N5O5. The summed E-state index contributed by atoms with van der Waals surface area (Å²) in [5.41, 5.74) is 0.346. The highest BCUT2D eigenvalue weighted by Gasteiger charge is 2.28. The van der Waals surface area contributed by atoms with Gasteiger partial charge in [-0.3, -0.25) is 10.1 Å². The number of anilines is 3. The van der Waals surface area contributed by atoms with E-state index in [2.05, 4.69) is 15.3 Å². The number of ether oxygens (including phenoxy) is 2. The maximum Gasteiger partial charge on any atom is 0.353 e. The summed E-state index contributed by atoms with van der Waals surface area (Å²) in [5, 5.41) is 14.6. The van der Waals surface area contributed by atoms with Gasteiger partial charge in [0, 0.05) is 13.1 Å². The molecule has 1 saturated heterocycles. The molecule has 3 rings (SSSR count). The molecular weight excluding hydrogens is 342 g/mol. The molecule has 2 aromatic rings. The number of benzene rings is 1. The van der Waals surface area contributed by atoms with Crippen LogP contribution in [0.1, 0.15) is 10.4 Å². The van der Waals surface area contributed by atoms with Crippen molar-refractivity contribution < 1.29 is 19.2 Å². The van der Waals surface area contributed by atoms with Crippen molar-refractivity contribution >= 4 is 29.0 Å². The van der Waals surface area contributed by atoms with Crippen molar-refractivity contribution in [3.8, 4) is 0 Å². The number of nitrogens with one attached hydrogen (secondary N) is 1. The Morgan fingerprint density at radius 1 is 1.31 bits per heavy atom. The predicted octanol–water partition coefficient (Wildman–Crippen LogP) is 1.75. The molecule has 136 valence electrons. The highest BCUT2D eigenvalue weighted by atomic mass is 16.6. The van der Waals surface area contributed by atoms with Crippen LogP contribution in [0.3, 0.4) is 0 Å². The Kier molecular flexibility index (Phi) is 5.23. The Morgan fingerprint density at radius 2 is 2.04 bits per heavy atom. The number of nitro groups is 1. The maximum atomic E-state index is 11.9. The van der Waals surface area contributed by atoms with Crippen LogP contribution < -0.4 is 10.2 Å². The molecule has 0 atom stereocenters. The number of para-hydroxylation sites is 1. The average molecular weight is 359 g/mol. The standard InChI is InChI=1S/C16H17N5O5/c1-25-16(22)11-4-2-3-5-12(11)19-14-13(21(23)24)15(18-10-17-14)20-6-8-26-9-7-20/h2-5,10H,6-9H2,1H3,(H,17,18,19). The second kappa shape index (κ2) is 7.74. The summed E-state index contributed by atoms with van der Waals surface area (Å²) in [6.45, 7) is 1.93. The quantitative estimate of drug-likeness (QED) is 0.483. The van der Waals surface area contributed by atoms with Crippen molar-refractivity contribution in [1.29, 1.82) is 0 Å². The van der Waals surface area contributed by atoms with Gasteiger partial charge < -0.3 is 19.7 Å². The van der Waals surface area contributed by atoms with Crippen LogP contribution in [0.5, 0.6) is 0 Å². The molecule has 1 aliphatic rings. The van der Waals surface area contributed by atoms with Crippen LogP contribution >= 0.6 is 0 Å². The van der Waals surface area contributed by atoms with E-state index in [1.165, 1.54) is 13.4 Å². The zero-order valence-corrected chi connectivity index (χ0v) is 14.0. The SMILES string of the molecule is COC(=O)c1ccccc1Nc1ncnc(N2CCOCC2)c1[N+](=O)[O-]. The van der Waals surface area contributed by atoms with Gasteiger partial charge in [0.1, 0.15) is 6.33 Å². The van der Waals surface area contributed by atoms with Crippen LogP contribution in [0, 0.1) is 10.1 Å². The summed E-state index contributed by atoms with van der Waals surface area (Å²) in [7, 11) is 1.27. The first-order valence-electron chi connectivity index (χ1n) is 7.88. The number of esters is 1. The lowest BCUT2D eigenvalue weighted by atomic mass is 10.2. The van der Waals surface area contributed by atoms with Crippen LogP contribution in [0.25, 0.3) is 0 Å². The lowest BCUT2D eigenvalue weighted by Gasteiger charge is -2.27. The summed E-state index contributed by atoms with van der Waals surface area (Å²) in [6.07, 6.45) is 1.25. The van der Waals surface area contributed by atoms with Crippen LogP contribution in [0.15, 0.2) is 30.6 Å². The first-order valence-corrected chi connectivity index (χ1v) is 7.88. The number of methoxy groups -OCH3 is 1. The smallest absolute Gasteiger partial charge is 0.353 e. The molecule has 1 N–H and O–H groups in total. The van der Waals surface area contributed by atoms with E-state index >= 15 is 0 Å². The van der Waals surface area contributed by atoms with Crippen molar-refractivity contribution in [2.75, 3.05) is 43.6 Å². The molecule has 2 heterocycles. The first kappa shape index (κ1) is 17.5. The van der Waals surface area contributed by atoms with Crippen LogP contribution in [0.2, 0.25) is 0 Å². The van der Waals surface area contributed by atoms with Gasteiger partial charge in [-0.2, -0.15) is 0 Å². The Morgan fingerprint density at radius 3 is 2.73 bits per heavy atom. The van der Waals surface area contributed by atoms with Crippen molar-refractivity contribution in [2.45, 2.75) is 0 Å². The molecule has 1 fully saturated rings. The molecule has 0 unspecified atom stereocenters. The molecule has 0 amide bonds. The Hall–Kier alpha value is -3.27. The van der Waals surface area contributed by atoms with Crippen LogP contribution in [-0.2, 0) is 9.47 Å². The average Bonchev–Trinajstić information content (AvgIpc) is 2.68. The van der Waals surface area contributed by atoms with Gasteiger partial charge in [-0.15, -0.1) is 0 Å². The predicted molar refractivity (Wildman–Crippen MR) is 92.8 cm³/mol. The molecule has 0 radical (unpaired) electrons. The molecule has 26 heavy (non-hydrogen) atoms. The molecule has 0 aliphatic carbocycles. The van der Waals surface area contributed by atoms with Crippen LogP contribution in [-0.4, -0.2) is 54.3 Å². The summed E-state index contributed by atoms with van der Waals surface area (Å²) in [6, 6.07) is 6.55. The molecule has 10 heteroatoms. The number of hydrogen-bond acceptors (Lipinski definition) is 9. The third-order valence-electron chi connectivity index (χ3n) is 3.88. The molecule has 1 aromatic heterocycles. The number of carbonyl (C=O) groups is 1. The van der Waals surface area contributed by atoms with E-state index in [-0.39, 0.29) is 22.9 Å². The van der Waals surface area contributed by atoms with Gasteiger partial charge in [0.15, 0.2) is 0 Å². The van der Waals surface area contributed by atoms with Crippen molar-refractivity contribution in [1.82, 2.24) is 9.97 Å². The fourth-order valence-corrected chi connectivity index (χ4v) is 2.64. The van der Waals surface area contributed by atoms with Gasteiger partial charge in [0.25, 0.3) is 0 Å². The van der Waals surface area contributed by atoms with E-state index in [1.807, 2.05) is 0 Å².